The Morgan fingerprint density at radius 3 is 2.65 bits per heavy atom. The fourth-order valence-corrected chi connectivity index (χ4v) is 4.57. The van der Waals surface area contributed by atoms with Crippen LogP contribution >= 0.6 is 0 Å². The minimum atomic E-state index is -0.719. The van der Waals surface area contributed by atoms with Gasteiger partial charge in [0.15, 0.2) is 6.29 Å². The number of hydrogen-bond donors (Lipinski definition) is 1. The Labute approximate surface area is 157 Å². The van der Waals surface area contributed by atoms with Crippen LogP contribution in [0.15, 0.2) is 23.8 Å². The molecule has 4 unspecified atom stereocenters. The molecular weight excluding hydrogens is 328 g/mol. The lowest BCUT2D eigenvalue weighted by molar-refractivity contribution is -0.137. The third-order valence-electron chi connectivity index (χ3n) is 6.02. The summed E-state index contributed by atoms with van der Waals surface area (Å²) in [6, 6.07) is 0. The van der Waals surface area contributed by atoms with Gasteiger partial charge in [-0.15, -0.1) is 0 Å². The van der Waals surface area contributed by atoms with Crippen LogP contribution in [0, 0.1) is 5.92 Å². The number of hydrogen-bond acceptors (Lipinski definition) is 3. The van der Waals surface area contributed by atoms with Crippen molar-refractivity contribution in [1.82, 2.24) is 0 Å². The Kier molecular flexibility index (Phi) is 7.75. The van der Waals surface area contributed by atoms with Crippen LogP contribution in [-0.4, -0.2) is 29.6 Å². The average molecular weight is 363 g/mol. The van der Waals surface area contributed by atoms with Gasteiger partial charge in [-0.1, -0.05) is 23.8 Å². The first kappa shape index (κ1) is 19.6. The zero-order valence-electron chi connectivity index (χ0n) is 15.9. The Balaban J connectivity index is 1.46. The summed E-state index contributed by atoms with van der Waals surface area (Å²) in [5, 5.41) is 8.73. The first-order valence-corrected chi connectivity index (χ1v) is 10.6. The number of carboxylic acid groups (broad SMARTS) is 1. The molecule has 1 fully saturated rings. The van der Waals surface area contributed by atoms with Crippen molar-refractivity contribution in [2.75, 3.05) is 0 Å². The normalized spacial score (nSPS) is 35.9. The predicted octanol–water partition coefficient (Wildman–Crippen LogP) is 5.38. The lowest BCUT2D eigenvalue weighted by Gasteiger charge is -2.26. The summed E-state index contributed by atoms with van der Waals surface area (Å²) in [6.07, 6.45) is 20.8. The van der Waals surface area contributed by atoms with E-state index in [2.05, 4.69) is 18.2 Å². The molecule has 1 heterocycles. The molecule has 0 aromatic carbocycles. The smallest absolute Gasteiger partial charge is 0.303 e. The number of allylic oxidation sites excluding steroid dienone is 4. The van der Waals surface area contributed by atoms with Crippen molar-refractivity contribution in [1.29, 1.82) is 0 Å². The highest BCUT2D eigenvalue weighted by Crippen LogP contribution is 2.36. The van der Waals surface area contributed by atoms with Crippen molar-refractivity contribution < 1.29 is 19.4 Å². The van der Waals surface area contributed by atoms with Gasteiger partial charge in [0.25, 0.3) is 0 Å². The van der Waals surface area contributed by atoms with Gasteiger partial charge in [0.05, 0.1) is 12.2 Å². The lowest BCUT2D eigenvalue weighted by Crippen LogP contribution is -2.24. The highest BCUT2D eigenvalue weighted by Gasteiger charge is 2.36. The Bertz CT molecular complexity index is 510. The number of aliphatic carboxylic acids is 1. The Morgan fingerprint density at radius 1 is 1.00 bits per heavy atom. The molecule has 3 rings (SSSR count). The number of fused-ring (bicyclic) bond motifs is 1. The third-order valence-corrected chi connectivity index (χ3v) is 6.02. The molecular formula is C22H34O4. The molecule has 4 atom stereocenters. The summed E-state index contributed by atoms with van der Waals surface area (Å²) >= 11 is 0. The quantitative estimate of drug-likeness (QED) is 0.509. The molecule has 1 N–H and O–H groups in total. The van der Waals surface area contributed by atoms with Crippen LogP contribution < -0.4 is 0 Å². The van der Waals surface area contributed by atoms with E-state index in [9.17, 15) is 4.79 Å². The van der Waals surface area contributed by atoms with Crippen molar-refractivity contribution >= 4 is 5.97 Å². The van der Waals surface area contributed by atoms with Gasteiger partial charge in [-0.2, -0.15) is 0 Å². The molecule has 2 aliphatic carbocycles. The van der Waals surface area contributed by atoms with E-state index < -0.39 is 5.97 Å². The summed E-state index contributed by atoms with van der Waals surface area (Å²) in [5.74, 6) is 0.0360. The zero-order valence-corrected chi connectivity index (χ0v) is 15.9. The van der Waals surface area contributed by atoms with Gasteiger partial charge < -0.3 is 14.6 Å². The monoisotopic (exact) mass is 362 g/mol. The minimum absolute atomic E-state index is 0.133. The second kappa shape index (κ2) is 10.3. The van der Waals surface area contributed by atoms with E-state index in [1.54, 1.807) is 5.57 Å². The highest BCUT2D eigenvalue weighted by atomic mass is 16.7. The molecule has 0 aromatic heterocycles. The van der Waals surface area contributed by atoms with Crippen LogP contribution in [0.3, 0.4) is 0 Å². The summed E-state index contributed by atoms with van der Waals surface area (Å²) in [7, 11) is 0. The highest BCUT2D eigenvalue weighted by molar-refractivity contribution is 5.66. The van der Waals surface area contributed by atoms with Crippen molar-refractivity contribution in [3.05, 3.63) is 23.8 Å². The Hall–Kier alpha value is -1.13. The van der Waals surface area contributed by atoms with E-state index in [4.69, 9.17) is 14.6 Å². The number of carboxylic acids is 1. The molecule has 4 nitrogen and oxygen atoms in total. The van der Waals surface area contributed by atoms with Gasteiger partial charge in [-0.05, 0) is 83.0 Å². The zero-order chi connectivity index (χ0) is 18.2. The summed E-state index contributed by atoms with van der Waals surface area (Å²) in [6.45, 7) is 0. The van der Waals surface area contributed by atoms with Gasteiger partial charge in [0.2, 0.25) is 0 Å². The van der Waals surface area contributed by atoms with Gasteiger partial charge in [-0.25, -0.2) is 0 Å². The number of unbranched alkanes of at least 4 members (excludes halogenated alkanes) is 1. The maximum absolute atomic E-state index is 10.6. The molecule has 0 aromatic rings. The second-order valence-electron chi connectivity index (χ2n) is 7.99. The standard InChI is InChI=1S/C22H34O4/c23-21(24)13-6-7-14-22-25-19-12-8-11-18(15-16-20(19)26-22)17-9-4-2-1-3-5-10-17/h1-2,11,17,19-20,22H,3-10,12-16H2,(H,23,24)/b2-1+,18-11-. The van der Waals surface area contributed by atoms with Crippen LogP contribution in [0.2, 0.25) is 0 Å². The van der Waals surface area contributed by atoms with Crippen LogP contribution in [0.5, 0.6) is 0 Å². The van der Waals surface area contributed by atoms with E-state index in [-0.39, 0.29) is 24.9 Å². The average Bonchev–Trinajstić information content (AvgIpc) is 2.94. The summed E-state index contributed by atoms with van der Waals surface area (Å²) in [5.41, 5.74) is 1.66. The summed E-state index contributed by atoms with van der Waals surface area (Å²) in [4.78, 5) is 10.6. The maximum atomic E-state index is 10.6. The first-order chi connectivity index (χ1) is 12.7. The predicted molar refractivity (Wildman–Crippen MR) is 102 cm³/mol. The van der Waals surface area contributed by atoms with Crippen molar-refractivity contribution in [3.63, 3.8) is 0 Å². The lowest BCUT2D eigenvalue weighted by atomic mass is 9.82. The topological polar surface area (TPSA) is 55.8 Å². The molecule has 0 radical (unpaired) electrons. The summed E-state index contributed by atoms with van der Waals surface area (Å²) < 4.78 is 12.3. The van der Waals surface area contributed by atoms with Crippen molar-refractivity contribution in [2.24, 2.45) is 5.92 Å². The van der Waals surface area contributed by atoms with E-state index in [1.807, 2.05) is 0 Å². The number of carbonyl (C=O) groups is 1. The third kappa shape index (κ3) is 5.95. The van der Waals surface area contributed by atoms with Gasteiger partial charge in [0, 0.05) is 6.42 Å². The van der Waals surface area contributed by atoms with Gasteiger partial charge >= 0.3 is 5.97 Å². The Morgan fingerprint density at radius 2 is 1.81 bits per heavy atom. The van der Waals surface area contributed by atoms with Gasteiger partial charge in [-0.3, -0.25) is 4.79 Å². The van der Waals surface area contributed by atoms with E-state index in [0.29, 0.717) is 6.42 Å². The molecule has 146 valence electrons. The molecule has 3 aliphatic rings. The largest absolute Gasteiger partial charge is 0.481 e. The molecule has 4 heteroatoms. The number of ether oxygens (including phenoxy) is 2. The molecule has 1 saturated heterocycles. The fraction of sp³-hybridized carbons (Fsp3) is 0.773. The molecule has 0 amide bonds. The molecule has 26 heavy (non-hydrogen) atoms. The second-order valence-corrected chi connectivity index (χ2v) is 7.99. The van der Waals surface area contributed by atoms with Crippen LogP contribution in [0.25, 0.3) is 0 Å². The molecule has 0 spiro atoms. The van der Waals surface area contributed by atoms with Crippen molar-refractivity contribution in [2.45, 2.75) is 102 Å². The molecule has 0 bridgehead atoms. The minimum Gasteiger partial charge on any atom is -0.481 e. The molecule has 0 saturated carbocycles. The molecule has 1 aliphatic heterocycles. The number of rotatable bonds is 6. The van der Waals surface area contributed by atoms with Crippen LogP contribution in [0.4, 0.5) is 0 Å². The van der Waals surface area contributed by atoms with Crippen molar-refractivity contribution in [3.8, 4) is 0 Å². The van der Waals surface area contributed by atoms with E-state index >= 15 is 0 Å². The van der Waals surface area contributed by atoms with E-state index in [0.717, 1.165) is 44.4 Å². The van der Waals surface area contributed by atoms with Crippen LogP contribution in [-0.2, 0) is 14.3 Å². The van der Waals surface area contributed by atoms with Crippen LogP contribution in [0.1, 0.15) is 83.5 Å². The van der Waals surface area contributed by atoms with Gasteiger partial charge in [0.1, 0.15) is 0 Å². The maximum Gasteiger partial charge on any atom is 0.303 e. The van der Waals surface area contributed by atoms with E-state index in [1.165, 1.54) is 32.1 Å². The first-order valence-electron chi connectivity index (χ1n) is 10.6. The SMILES string of the molecule is O=C(O)CCCCC1OC2CC/C=C(\C3CC/C=C/CCC3)CCC2O1. The fourth-order valence-electron chi connectivity index (χ4n) is 4.57.